The average Bonchev–Trinajstić information content (AvgIpc) is 2.94. The van der Waals surface area contributed by atoms with E-state index < -0.39 is 50.0 Å². The minimum Gasteiger partial charge on any atom is -0.485 e. The molecule has 45 heavy (non-hydrogen) atoms. The van der Waals surface area contributed by atoms with Crippen molar-refractivity contribution in [1.29, 1.82) is 0 Å². The molecule has 0 aliphatic heterocycles. The van der Waals surface area contributed by atoms with E-state index in [1.807, 2.05) is 24.3 Å². The van der Waals surface area contributed by atoms with Gasteiger partial charge >= 0.3 is 0 Å². The van der Waals surface area contributed by atoms with Gasteiger partial charge in [-0.15, -0.1) is 0 Å². The van der Waals surface area contributed by atoms with Crippen molar-refractivity contribution in [3.8, 4) is 5.75 Å². The normalized spacial score (nSPS) is 14.5. The highest BCUT2D eigenvalue weighted by atomic mass is 16.5. The second-order valence-corrected chi connectivity index (χ2v) is 17.1. The third-order valence-corrected chi connectivity index (χ3v) is 8.76. The fourth-order valence-electron chi connectivity index (χ4n) is 6.06. The summed E-state index contributed by atoms with van der Waals surface area (Å²) in [6, 6.07) is 12.2. The Kier molecular flexibility index (Phi) is 12.5. The molecule has 0 bridgehead atoms. The van der Waals surface area contributed by atoms with Crippen LogP contribution < -0.4 is 4.74 Å². The Balaban J connectivity index is 2.98. The van der Waals surface area contributed by atoms with Crippen LogP contribution in [0.1, 0.15) is 117 Å². The summed E-state index contributed by atoms with van der Waals surface area (Å²) in [5, 5.41) is 52.0. The van der Waals surface area contributed by atoms with E-state index in [1.54, 1.807) is 0 Å². The fourth-order valence-corrected chi connectivity index (χ4v) is 6.06. The standard InChI is InChI=1S/C38H62O7/c1-33(2,3)27-16-13-15-26(30(27)35(7,8)9)32(38(22-42,23-43)25-44-24-37(19-39,20-40)21-41)45-29-18-14-17-28(34(4,5)6)31(29)36(10,11)12/h13-18,32,39-43H,19-25H2,1-12H3. The Labute approximate surface area is 272 Å². The molecule has 0 saturated heterocycles. The second kappa shape index (κ2) is 14.4. The van der Waals surface area contributed by atoms with Crippen molar-refractivity contribution in [2.24, 2.45) is 10.8 Å². The van der Waals surface area contributed by atoms with Crippen LogP contribution in [0.2, 0.25) is 0 Å². The van der Waals surface area contributed by atoms with Crippen molar-refractivity contribution in [1.82, 2.24) is 0 Å². The smallest absolute Gasteiger partial charge is 0.136 e. The highest BCUT2D eigenvalue weighted by Crippen LogP contribution is 2.48. The molecule has 7 nitrogen and oxygen atoms in total. The summed E-state index contributed by atoms with van der Waals surface area (Å²) in [5.41, 5.74) is 1.69. The molecule has 7 heteroatoms. The van der Waals surface area contributed by atoms with Gasteiger partial charge in [-0.2, -0.15) is 0 Å². The lowest BCUT2D eigenvalue weighted by atomic mass is 9.69. The highest BCUT2D eigenvalue weighted by Gasteiger charge is 2.46. The number of ether oxygens (including phenoxy) is 2. The highest BCUT2D eigenvalue weighted by molar-refractivity contribution is 5.50. The molecule has 2 aromatic rings. The fraction of sp³-hybridized carbons (Fsp3) is 0.684. The first kappa shape index (κ1) is 39.2. The van der Waals surface area contributed by atoms with E-state index in [4.69, 9.17) is 9.47 Å². The first-order valence-corrected chi connectivity index (χ1v) is 16.1. The van der Waals surface area contributed by atoms with E-state index in [0.717, 1.165) is 27.8 Å². The van der Waals surface area contributed by atoms with Crippen molar-refractivity contribution in [3.05, 3.63) is 64.2 Å². The summed E-state index contributed by atoms with van der Waals surface area (Å²) >= 11 is 0. The van der Waals surface area contributed by atoms with E-state index >= 15 is 0 Å². The quantitative estimate of drug-likeness (QED) is 0.186. The molecule has 0 heterocycles. The van der Waals surface area contributed by atoms with Gasteiger partial charge in [0.1, 0.15) is 11.9 Å². The lowest BCUT2D eigenvalue weighted by Gasteiger charge is -2.43. The number of aliphatic hydroxyl groups is 5. The van der Waals surface area contributed by atoms with Gasteiger partial charge in [-0.25, -0.2) is 0 Å². The Bertz CT molecular complexity index is 1220. The number of hydrogen-bond donors (Lipinski definition) is 5. The molecule has 0 aliphatic rings. The number of aliphatic hydroxyl groups excluding tert-OH is 5. The van der Waals surface area contributed by atoms with Crippen LogP contribution in [0.25, 0.3) is 0 Å². The predicted molar refractivity (Wildman–Crippen MR) is 182 cm³/mol. The number of hydrogen-bond acceptors (Lipinski definition) is 7. The molecule has 0 aliphatic carbocycles. The molecular weight excluding hydrogens is 568 g/mol. The Morgan fingerprint density at radius 3 is 1.38 bits per heavy atom. The van der Waals surface area contributed by atoms with Gasteiger partial charge in [0.05, 0.1) is 57.1 Å². The van der Waals surface area contributed by atoms with Crippen LogP contribution in [0, 0.1) is 10.8 Å². The van der Waals surface area contributed by atoms with Gasteiger partial charge in [-0.1, -0.05) is 113 Å². The van der Waals surface area contributed by atoms with Crippen LogP contribution in [0.3, 0.4) is 0 Å². The van der Waals surface area contributed by atoms with Gasteiger partial charge in [-0.3, -0.25) is 0 Å². The molecule has 0 fully saturated rings. The number of rotatable bonds is 13. The molecule has 1 atom stereocenters. The third kappa shape index (κ3) is 8.88. The maximum Gasteiger partial charge on any atom is 0.136 e. The Morgan fingerprint density at radius 1 is 0.533 bits per heavy atom. The molecule has 0 saturated carbocycles. The van der Waals surface area contributed by atoms with Gasteiger partial charge < -0.3 is 35.0 Å². The summed E-state index contributed by atoms with van der Waals surface area (Å²) < 4.78 is 13.2. The van der Waals surface area contributed by atoms with Crippen LogP contribution in [-0.2, 0) is 26.4 Å². The van der Waals surface area contributed by atoms with E-state index in [9.17, 15) is 25.5 Å². The molecule has 0 aromatic heterocycles. The summed E-state index contributed by atoms with van der Waals surface area (Å²) in [4.78, 5) is 0. The lowest BCUT2D eigenvalue weighted by Crippen LogP contribution is -2.46. The topological polar surface area (TPSA) is 120 Å². The van der Waals surface area contributed by atoms with E-state index in [1.165, 1.54) is 0 Å². The van der Waals surface area contributed by atoms with Crippen molar-refractivity contribution in [3.63, 3.8) is 0 Å². The van der Waals surface area contributed by atoms with Gasteiger partial charge in [0.15, 0.2) is 0 Å². The molecule has 2 aromatic carbocycles. The molecular formula is C38H62O7. The summed E-state index contributed by atoms with van der Waals surface area (Å²) in [6.45, 7) is 23.3. The van der Waals surface area contributed by atoms with E-state index in [0.29, 0.717) is 5.75 Å². The lowest BCUT2D eigenvalue weighted by molar-refractivity contribution is -0.122. The van der Waals surface area contributed by atoms with Crippen molar-refractivity contribution in [2.45, 2.75) is 111 Å². The summed E-state index contributed by atoms with van der Waals surface area (Å²) in [5.74, 6) is 0.669. The SMILES string of the molecule is CC(C)(C)c1cccc(OC(c2cccc(C(C)(C)C)c2C(C)(C)C)C(CO)(CO)COCC(CO)(CO)CO)c1C(C)(C)C. The zero-order valence-electron chi connectivity index (χ0n) is 30.0. The molecule has 256 valence electrons. The predicted octanol–water partition coefficient (Wildman–Crippen LogP) is 5.95. The van der Waals surface area contributed by atoms with Crippen LogP contribution in [0.4, 0.5) is 0 Å². The maximum atomic E-state index is 11.2. The van der Waals surface area contributed by atoms with Crippen molar-refractivity contribution in [2.75, 3.05) is 46.2 Å². The van der Waals surface area contributed by atoms with Crippen molar-refractivity contribution >= 4 is 0 Å². The van der Waals surface area contributed by atoms with Gasteiger partial charge in [0.2, 0.25) is 0 Å². The number of benzene rings is 2. The van der Waals surface area contributed by atoms with Crippen LogP contribution in [0.15, 0.2) is 36.4 Å². The van der Waals surface area contributed by atoms with Crippen LogP contribution in [-0.4, -0.2) is 71.8 Å². The molecule has 1 unspecified atom stereocenters. The Hall–Kier alpha value is -2.00. The first-order chi connectivity index (χ1) is 20.6. The minimum atomic E-state index is -1.34. The first-order valence-electron chi connectivity index (χ1n) is 16.1. The minimum absolute atomic E-state index is 0.153. The zero-order valence-corrected chi connectivity index (χ0v) is 30.0. The van der Waals surface area contributed by atoms with E-state index in [2.05, 4.69) is 95.2 Å². The van der Waals surface area contributed by atoms with E-state index in [-0.39, 0.29) is 34.9 Å². The Morgan fingerprint density at radius 2 is 0.978 bits per heavy atom. The zero-order chi connectivity index (χ0) is 34.6. The molecule has 0 radical (unpaired) electrons. The van der Waals surface area contributed by atoms with Crippen LogP contribution >= 0.6 is 0 Å². The largest absolute Gasteiger partial charge is 0.485 e. The molecule has 0 spiro atoms. The van der Waals surface area contributed by atoms with Crippen molar-refractivity contribution < 1.29 is 35.0 Å². The average molecular weight is 631 g/mol. The molecule has 0 amide bonds. The second-order valence-electron chi connectivity index (χ2n) is 17.1. The van der Waals surface area contributed by atoms with Crippen LogP contribution in [0.5, 0.6) is 5.75 Å². The molecule has 5 N–H and O–H groups in total. The monoisotopic (exact) mass is 630 g/mol. The van der Waals surface area contributed by atoms with Gasteiger partial charge in [0.25, 0.3) is 0 Å². The van der Waals surface area contributed by atoms with Gasteiger partial charge in [-0.05, 0) is 50.0 Å². The summed E-state index contributed by atoms with van der Waals surface area (Å²) in [7, 11) is 0. The summed E-state index contributed by atoms with van der Waals surface area (Å²) in [6.07, 6.45) is -0.855. The maximum absolute atomic E-state index is 11.2. The van der Waals surface area contributed by atoms with Gasteiger partial charge in [0, 0.05) is 5.56 Å². The molecule has 2 rings (SSSR count). The third-order valence-electron chi connectivity index (χ3n) is 8.76.